The van der Waals surface area contributed by atoms with Crippen molar-refractivity contribution in [1.82, 2.24) is 15.1 Å². The van der Waals surface area contributed by atoms with Crippen molar-refractivity contribution >= 4 is 11.9 Å². The Morgan fingerprint density at radius 2 is 1.71 bits per heavy atom. The van der Waals surface area contributed by atoms with Crippen molar-refractivity contribution in [3.05, 3.63) is 0 Å². The maximum atomic E-state index is 11.8. The molecule has 1 aliphatic heterocycles. The van der Waals surface area contributed by atoms with E-state index >= 15 is 0 Å². The van der Waals surface area contributed by atoms with Gasteiger partial charge in [0.15, 0.2) is 0 Å². The highest BCUT2D eigenvalue weighted by atomic mass is 16.4. The molecule has 0 saturated carbocycles. The highest BCUT2D eigenvalue weighted by Gasteiger charge is 2.20. The van der Waals surface area contributed by atoms with Crippen LogP contribution in [0.1, 0.15) is 27.2 Å². The number of carbonyl (C=O) groups is 2. The summed E-state index contributed by atoms with van der Waals surface area (Å²) in [6.07, 6.45) is 0.976. The van der Waals surface area contributed by atoms with Crippen LogP contribution in [0.2, 0.25) is 0 Å². The van der Waals surface area contributed by atoms with Crippen LogP contribution in [-0.2, 0) is 9.59 Å². The van der Waals surface area contributed by atoms with E-state index in [-0.39, 0.29) is 11.8 Å². The standard InChI is InChI=1S/C15H29N3O3/c1-12(2)9-16-14(19)11-18-6-4-5-17(7-8-18)10-13(3)15(20)21/h12-13H,4-11H2,1-3H3,(H,16,19)(H,20,21). The Bertz CT molecular complexity index is 347. The average Bonchev–Trinajstić information content (AvgIpc) is 2.62. The first-order chi connectivity index (χ1) is 9.88. The summed E-state index contributed by atoms with van der Waals surface area (Å²) in [4.78, 5) is 27.1. The monoisotopic (exact) mass is 299 g/mol. The molecule has 1 fully saturated rings. The Balaban J connectivity index is 2.31. The van der Waals surface area contributed by atoms with Gasteiger partial charge in [-0.2, -0.15) is 0 Å². The predicted molar refractivity (Wildman–Crippen MR) is 82.1 cm³/mol. The Labute approximate surface area is 127 Å². The van der Waals surface area contributed by atoms with Crippen molar-refractivity contribution < 1.29 is 14.7 Å². The van der Waals surface area contributed by atoms with E-state index in [0.717, 1.165) is 39.1 Å². The van der Waals surface area contributed by atoms with Gasteiger partial charge in [0.25, 0.3) is 0 Å². The molecular weight excluding hydrogens is 270 g/mol. The van der Waals surface area contributed by atoms with E-state index in [4.69, 9.17) is 5.11 Å². The van der Waals surface area contributed by atoms with E-state index in [9.17, 15) is 9.59 Å². The zero-order valence-corrected chi connectivity index (χ0v) is 13.5. The largest absolute Gasteiger partial charge is 0.481 e. The molecule has 0 aromatic heterocycles. The number of rotatable bonds is 7. The van der Waals surface area contributed by atoms with Crippen LogP contribution >= 0.6 is 0 Å². The van der Waals surface area contributed by atoms with Crippen molar-refractivity contribution in [2.45, 2.75) is 27.2 Å². The number of aliphatic carboxylic acids is 1. The molecule has 0 aromatic rings. The number of carboxylic acids is 1. The fourth-order valence-electron chi connectivity index (χ4n) is 2.41. The first-order valence-electron chi connectivity index (χ1n) is 7.82. The second-order valence-corrected chi connectivity index (χ2v) is 6.37. The summed E-state index contributed by atoms with van der Waals surface area (Å²) in [5, 5.41) is 11.9. The van der Waals surface area contributed by atoms with E-state index in [1.165, 1.54) is 0 Å². The third-order valence-electron chi connectivity index (χ3n) is 3.71. The lowest BCUT2D eigenvalue weighted by molar-refractivity contribution is -0.141. The van der Waals surface area contributed by atoms with Crippen molar-refractivity contribution in [1.29, 1.82) is 0 Å². The van der Waals surface area contributed by atoms with Gasteiger partial charge in [-0.25, -0.2) is 0 Å². The van der Waals surface area contributed by atoms with Crippen LogP contribution in [0, 0.1) is 11.8 Å². The van der Waals surface area contributed by atoms with Crippen molar-refractivity contribution in [2.75, 3.05) is 45.8 Å². The number of hydrogen-bond acceptors (Lipinski definition) is 4. The van der Waals surface area contributed by atoms with Crippen LogP contribution in [0.5, 0.6) is 0 Å². The maximum Gasteiger partial charge on any atom is 0.307 e. The van der Waals surface area contributed by atoms with Crippen LogP contribution in [0.15, 0.2) is 0 Å². The molecule has 6 heteroatoms. The number of carboxylic acid groups (broad SMARTS) is 1. The Morgan fingerprint density at radius 3 is 2.33 bits per heavy atom. The normalized spacial score (nSPS) is 19.2. The number of nitrogens with zero attached hydrogens (tertiary/aromatic N) is 2. The van der Waals surface area contributed by atoms with E-state index in [2.05, 4.69) is 29.0 Å². The molecule has 6 nitrogen and oxygen atoms in total. The lowest BCUT2D eigenvalue weighted by Crippen LogP contribution is -2.40. The molecule has 1 rings (SSSR count). The van der Waals surface area contributed by atoms with Crippen molar-refractivity contribution in [3.8, 4) is 0 Å². The van der Waals surface area contributed by atoms with Gasteiger partial charge in [0.05, 0.1) is 12.5 Å². The minimum atomic E-state index is -0.746. The first-order valence-corrected chi connectivity index (χ1v) is 7.82. The van der Waals surface area contributed by atoms with Gasteiger partial charge in [0.1, 0.15) is 0 Å². The highest BCUT2D eigenvalue weighted by Crippen LogP contribution is 2.06. The second-order valence-electron chi connectivity index (χ2n) is 6.37. The zero-order chi connectivity index (χ0) is 15.8. The summed E-state index contributed by atoms with van der Waals surface area (Å²) < 4.78 is 0. The van der Waals surface area contributed by atoms with E-state index in [0.29, 0.717) is 19.0 Å². The zero-order valence-electron chi connectivity index (χ0n) is 13.5. The Hall–Kier alpha value is -1.14. The third-order valence-corrected chi connectivity index (χ3v) is 3.71. The Kier molecular flexibility index (Phi) is 7.67. The van der Waals surface area contributed by atoms with Gasteiger partial charge < -0.3 is 15.3 Å². The molecule has 0 bridgehead atoms. The summed E-state index contributed by atoms with van der Waals surface area (Å²) in [6, 6.07) is 0. The van der Waals surface area contributed by atoms with Gasteiger partial charge in [0.2, 0.25) is 5.91 Å². The van der Waals surface area contributed by atoms with Crippen LogP contribution in [0.25, 0.3) is 0 Å². The highest BCUT2D eigenvalue weighted by molar-refractivity contribution is 5.78. The summed E-state index contributed by atoms with van der Waals surface area (Å²) in [5.74, 6) is -0.544. The molecule has 1 saturated heterocycles. The smallest absolute Gasteiger partial charge is 0.307 e. The lowest BCUT2D eigenvalue weighted by atomic mass is 10.1. The van der Waals surface area contributed by atoms with E-state index < -0.39 is 5.97 Å². The number of hydrogen-bond donors (Lipinski definition) is 2. The fraction of sp³-hybridized carbons (Fsp3) is 0.867. The number of carbonyl (C=O) groups excluding carboxylic acids is 1. The minimum absolute atomic E-state index is 0.0797. The molecule has 0 aromatic carbocycles. The molecule has 0 radical (unpaired) electrons. The van der Waals surface area contributed by atoms with E-state index in [1.807, 2.05) is 0 Å². The number of amides is 1. The van der Waals surface area contributed by atoms with Gasteiger partial charge >= 0.3 is 5.97 Å². The SMILES string of the molecule is CC(C)CNC(=O)CN1CCCN(CC(C)C(=O)O)CC1. The molecule has 1 amide bonds. The van der Waals surface area contributed by atoms with Crippen LogP contribution in [0.4, 0.5) is 0 Å². The molecule has 122 valence electrons. The minimum Gasteiger partial charge on any atom is -0.481 e. The van der Waals surface area contributed by atoms with Crippen LogP contribution < -0.4 is 5.32 Å². The summed E-state index contributed by atoms with van der Waals surface area (Å²) in [7, 11) is 0. The molecule has 2 N–H and O–H groups in total. The van der Waals surface area contributed by atoms with Crippen molar-refractivity contribution in [3.63, 3.8) is 0 Å². The molecule has 1 atom stereocenters. The predicted octanol–water partition coefficient (Wildman–Crippen LogP) is 0.487. The molecule has 1 heterocycles. The summed E-state index contributed by atoms with van der Waals surface area (Å²) >= 11 is 0. The number of nitrogens with one attached hydrogen (secondary N) is 1. The fourth-order valence-corrected chi connectivity index (χ4v) is 2.41. The molecular formula is C15H29N3O3. The molecule has 0 aliphatic carbocycles. The summed E-state index contributed by atoms with van der Waals surface area (Å²) in [6.45, 7) is 11.1. The van der Waals surface area contributed by atoms with Gasteiger partial charge in [-0.3, -0.25) is 14.5 Å². The van der Waals surface area contributed by atoms with Crippen LogP contribution in [-0.4, -0.2) is 72.6 Å². The molecule has 1 aliphatic rings. The van der Waals surface area contributed by atoms with Crippen molar-refractivity contribution in [2.24, 2.45) is 11.8 Å². The summed E-state index contributed by atoms with van der Waals surface area (Å²) in [5.41, 5.74) is 0. The molecule has 0 spiro atoms. The van der Waals surface area contributed by atoms with E-state index in [1.54, 1.807) is 6.92 Å². The topological polar surface area (TPSA) is 72.9 Å². The maximum absolute atomic E-state index is 11.8. The van der Waals surface area contributed by atoms with Crippen LogP contribution in [0.3, 0.4) is 0 Å². The second kappa shape index (κ2) is 9.00. The van der Waals surface area contributed by atoms with Gasteiger partial charge in [0, 0.05) is 26.2 Å². The van der Waals surface area contributed by atoms with Gasteiger partial charge in [-0.15, -0.1) is 0 Å². The lowest BCUT2D eigenvalue weighted by Gasteiger charge is -2.23. The van der Waals surface area contributed by atoms with Gasteiger partial charge in [-0.05, 0) is 25.4 Å². The molecule has 1 unspecified atom stereocenters. The third kappa shape index (κ3) is 7.43. The van der Waals surface area contributed by atoms with Gasteiger partial charge in [-0.1, -0.05) is 20.8 Å². The first kappa shape index (κ1) is 17.9. The quantitative estimate of drug-likeness (QED) is 0.716. The Morgan fingerprint density at radius 1 is 1.10 bits per heavy atom. The average molecular weight is 299 g/mol. The molecule has 21 heavy (non-hydrogen) atoms.